The van der Waals surface area contributed by atoms with Gasteiger partial charge in [-0.2, -0.15) is 0 Å². The number of anilines is 2. The Hall–Kier alpha value is -3.46. The lowest BCUT2D eigenvalue weighted by Gasteiger charge is -2.30. The summed E-state index contributed by atoms with van der Waals surface area (Å²) in [6, 6.07) is 7.26. The number of fused-ring (bicyclic) bond motifs is 1. The van der Waals surface area contributed by atoms with Crippen LogP contribution >= 0.6 is 0 Å². The van der Waals surface area contributed by atoms with Gasteiger partial charge in [0.15, 0.2) is 0 Å². The number of benzene rings is 1. The van der Waals surface area contributed by atoms with Crippen LogP contribution in [0.3, 0.4) is 0 Å². The zero-order chi connectivity index (χ0) is 22.1. The van der Waals surface area contributed by atoms with Gasteiger partial charge >= 0.3 is 0 Å². The molecule has 1 atom stereocenters. The zero-order valence-corrected chi connectivity index (χ0v) is 17.8. The predicted octanol–water partition coefficient (Wildman–Crippen LogP) is 0.864. The Morgan fingerprint density at radius 3 is 2.78 bits per heavy atom. The van der Waals surface area contributed by atoms with Crippen molar-refractivity contribution in [1.82, 2.24) is 20.5 Å². The highest BCUT2D eigenvalue weighted by Gasteiger charge is 2.39. The van der Waals surface area contributed by atoms with E-state index in [0.717, 1.165) is 48.7 Å². The molecule has 3 N–H and O–H groups in total. The highest BCUT2D eigenvalue weighted by molar-refractivity contribution is 6.05. The SMILES string of the molecule is O=C1CCC(N2Cc3ccc(CNc4ccncc4N4CCNCC4)cc3C2=O)C(=O)N1. The van der Waals surface area contributed by atoms with E-state index in [4.69, 9.17) is 0 Å². The monoisotopic (exact) mass is 434 g/mol. The number of nitrogens with one attached hydrogen (secondary N) is 3. The summed E-state index contributed by atoms with van der Waals surface area (Å²) in [5.41, 5.74) is 4.62. The van der Waals surface area contributed by atoms with Gasteiger partial charge in [-0.05, 0) is 29.7 Å². The molecule has 1 aromatic carbocycles. The molecule has 0 spiro atoms. The maximum absolute atomic E-state index is 13.0. The molecule has 4 heterocycles. The van der Waals surface area contributed by atoms with Crippen molar-refractivity contribution in [2.45, 2.75) is 32.0 Å². The normalized spacial score (nSPS) is 20.9. The molecule has 9 heteroatoms. The van der Waals surface area contributed by atoms with E-state index >= 15 is 0 Å². The molecule has 2 aromatic rings. The van der Waals surface area contributed by atoms with Gasteiger partial charge in [0.2, 0.25) is 11.8 Å². The summed E-state index contributed by atoms with van der Waals surface area (Å²) >= 11 is 0. The number of piperazine rings is 1. The van der Waals surface area contributed by atoms with Crippen molar-refractivity contribution in [2.75, 3.05) is 36.4 Å². The van der Waals surface area contributed by atoms with E-state index in [2.05, 4.69) is 25.8 Å². The van der Waals surface area contributed by atoms with Crippen molar-refractivity contribution < 1.29 is 14.4 Å². The van der Waals surface area contributed by atoms with Crippen LogP contribution in [0.15, 0.2) is 36.7 Å². The lowest BCUT2D eigenvalue weighted by Crippen LogP contribution is -2.52. The summed E-state index contributed by atoms with van der Waals surface area (Å²) in [7, 11) is 0. The zero-order valence-electron chi connectivity index (χ0n) is 17.8. The third kappa shape index (κ3) is 3.91. The van der Waals surface area contributed by atoms with Crippen molar-refractivity contribution in [1.29, 1.82) is 0 Å². The van der Waals surface area contributed by atoms with Crippen molar-refractivity contribution >= 4 is 29.1 Å². The first-order valence-electron chi connectivity index (χ1n) is 11.0. The molecule has 9 nitrogen and oxygen atoms in total. The fourth-order valence-corrected chi connectivity index (χ4v) is 4.60. The van der Waals surface area contributed by atoms with E-state index in [0.29, 0.717) is 25.1 Å². The average molecular weight is 435 g/mol. The van der Waals surface area contributed by atoms with Gasteiger partial charge in [0.05, 0.1) is 17.6 Å². The van der Waals surface area contributed by atoms with E-state index in [-0.39, 0.29) is 24.1 Å². The highest BCUT2D eigenvalue weighted by atomic mass is 16.2. The number of nitrogens with zero attached hydrogens (tertiary/aromatic N) is 3. The molecule has 3 aliphatic rings. The first-order valence-corrected chi connectivity index (χ1v) is 11.0. The molecule has 0 aliphatic carbocycles. The van der Waals surface area contributed by atoms with Gasteiger partial charge in [-0.3, -0.25) is 24.7 Å². The Kier molecular flexibility index (Phi) is 5.48. The van der Waals surface area contributed by atoms with Gasteiger partial charge in [-0.15, -0.1) is 0 Å². The van der Waals surface area contributed by atoms with Crippen molar-refractivity contribution in [3.05, 3.63) is 53.3 Å². The third-order valence-electron chi connectivity index (χ3n) is 6.33. The number of hydrogen-bond donors (Lipinski definition) is 3. The fourth-order valence-electron chi connectivity index (χ4n) is 4.60. The molecule has 1 aromatic heterocycles. The van der Waals surface area contributed by atoms with Crippen LogP contribution in [0.5, 0.6) is 0 Å². The predicted molar refractivity (Wildman–Crippen MR) is 119 cm³/mol. The van der Waals surface area contributed by atoms with Crippen LogP contribution in [0, 0.1) is 0 Å². The van der Waals surface area contributed by atoms with Crippen LogP contribution in [0.25, 0.3) is 0 Å². The summed E-state index contributed by atoms with van der Waals surface area (Å²) < 4.78 is 0. The number of piperidine rings is 1. The molecule has 166 valence electrons. The first kappa shape index (κ1) is 20.4. The summed E-state index contributed by atoms with van der Waals surface area (Å²) in [4.78, 5) is 44.9. The molecule has 5 rings (SSSR count). The minimum atomic E-state index is -0.590. The third-order valence-corrected chi connectivity index (χ3v) is 6.33. The summed E-state index contributed by atoms with van der Waals surface area (Å²) in [6.45, 7) is 4.73. The molecule has 0 radical (unpaired) electrons. The quantitative estimate of drug-likeness (QED) is 0.600. The molecule has 2 saturated heterocycles. The van der Waals surface area contributed by atoms with Crippen LogP contribution < -0.4 is 20.9 Å². The number of amides is 3. The molecular weight excluding hydrogens is 408 g/mol. The molecule has 2 fully saturated rings. The molecule has 3 aliphatic heterocycles. The molecule has 0 bridgehead atoms. The van der Waals surface area contributed by atoms with E-state index in [1.807, 2.05) is 30.5 Å². The lowest BCUT2D eigenvalue weighted by atomic mass is 10.0. The van der Waals surface area contributed by atoms with Crippen LogP contribution in [0.1, 0.15) is 34.3 Å². The van der Waals surface area contributed by atoms with E-state index in [1.165, 1.54) is 0 Å². The summed E-state index contributed by atoms with van der Waals surface area (Å²) in [5.74, 6) is -0.816. The maximum atomic E-state index is 13.0. The highest BCUT2D eigenvalue weighted by Crippen LogP contribution is 2.29. The Balaban J connectivity index is 1.29. The number of carbonyl (C=O) groups excluding carboxylic acids is 3. The Bertz CT molecular complexity index is 1070. The van der Waals surface area contributed by atoms with E-state index < -0.39 is 6.04 Å². The number of carbonyl (C=O) groups is 3. The topological polar surface area (TPSA) is 107 Å². The molecular formula is C23H26N6O3. The summed E-state index contributed by atoms with van der Waals surface area (Å²) in [5, 5.41) is 9.19. The van der Waals surface area contributed by atoms with Crippen LogP contribution in [-0.4, -0.2) is 59.8 Å². The maximum Gasteiger partial charge on any atom is 0.255 e. The molecule has 1 unspecified atom stereocenters. The number of hydrogen-bond acceptors (Lipinski definition) is 7. The first-order chi connectivity index (χ1) is 15.6. The summed E-state index contributed by atoms with van der Waals surface area (Å²) in [6.07, 6.45) is 4.29. The van der Waals surface area contributed by atoms with Gasteiger partial charge in [-0.25, -0.2) is 0 Å². The Morgan fingerprint density at radius 1 is 1.12 bits per heavy atom. The van der Waals surface area contributed by atoms with Crippen molar-refractivity contribution in [3.8, 4) is 0 Å². The van der Waals surface area contributed by atoms with Gasteiger partial charge in [0.1, 0.15) is 6.04 Å². The second-order valence-electron chi connectivity index (χ2n) is 8.37. The molecule has 0 saturated carbocycles. The van der Waals surface area contributed by atoms with Crippen LogP contribution in [-0.2, 0) is 22.7 Å². The second kappa shape index (κ2) is 8.58. The largest absolute Gasteiger partial charge is 0.379 e. The van der Waals surface area contributed by atoms with E-state index in [1.54, 1.807) is 11.1 Å². The minimum absolute atomic E-state index is 0.151. The number of aromatic nitrogens is 1. The number of pyridine rings is 1. The number of rotatable bonds is 5. The van der Waals surface area contributed by atoms with Crippen LogP contribution in [0.2, 0.25) is 0 Å². The van der Waals surface area contributed by atoms with Gasteiger partial charge < -0.3 is 20.4 Å². The molecule has 3 amide bonds. The average Bonchev–Trinajstić information content (AvgIpc) is 3.14. The van der Waals surface area contributed by atoms with Gasteiger partial charge in [0, 0.05) is 57.4 Å². The Labute approximate surface area is 186 Å². The number of imide groups is 1. The smallest absolute Gasteiger partial charge is 0.255 e. The Morgan fingerprint density at radius 2 is 1.97 bits per heavy atom. The van der Waals surface area contributed by atoms with Crippen LogP contribution in [0.4, 0.5) is 11.4 Å². The second-order valence-corrected chi connectivity index (χ2v) is 8.37. The lowest BCUT2D eigenvalue weighted by molar-refractivity contribution is -0.136. The molecule has 32 heavy (non-hydrogen) atoms. The van der Waals surface area contributed by atoms with Gasteiger partial charge in [-0.1, -0.05) is 12.1 Å². The van der Waals surface area contributed by atoms with E-state index in [9.17, 15) is 14.4 Å². The van der Waals surface area contributed by atoms with Crippen molar-refractivity contribution in [3.63, 3.8) is 0 Å². The fraction of sp³-hybridized carbons (Fsp3) is 0.391. The van der Waals surface area contributed by atoms with Gasteiger partial charge in [0.25, 0.3) is 5.91 Å². The standard InChI is InChI=1S/C23H26N6O3/c30-21-4-3-19(22(31)27-21)29-14-16-2-1-15(11-17(16)23(29)32)12-26-18-5-6-25-13-20(18)28-9-7-24-8-10-28/h1-2,5-6,11,13,19,24H,3-4,7-10,12,14H2,(H,25,26)(H,27,30,31). The minimum Gasteiger partial charge on any atom is -0.379 e. The van der Waals surface area contributed by atoms with Crippen molar-refractivity contribution in [2.24, 2.45) is 0 Å².